The van der Waals surface area contributed by atoms with Crippen molar-refractivity contribution in [1.29, 1.82) is 0 Å². The van der Waals surface area contributed by atoms with Crippen LogP contribution in [0.15, 0.2) is 22.6 Å². The molecule has 3 rings (SSSR count). The normalized spacial score (nSPS) is 18.5. The topological polar surface area (TPSA) is 62.6 Å². The van der Waals surface area contributed by atoms with Crippen molar-refractivity contribution in [3.8, 4) is 0 Å². The van der Waals surface area contributed by atoms with Gasteiger partial charge in [0.2, 0.25) is 5.91 Å². The monoisotopic (exact) mass is 328 g/mol. The molecule has 1 fully saturated rings. The molecule has 2 amide bonds. The minimum Gasteiger partial charge on any atom is -0.451 e. The van der Waals surface area contributed by atoms with Crippen molar-refractivity contribution in [1.82, 2.24) is 10.2 Å². The molecule has 5 nitrogen and oxygen atoms in total. The summed E-state index contributed by atoms with van der Waals surface area (Å²) in [6, 6.07) is 6.07. The van der Waals surface area contributed by atoms with E-state index < -0.39 is 0 Å². The number of amides is 2. The summed E-state index contributed by atoms with van der Waals surface area (Å²) in [5.74, 6) is 0.243. The molecule has 24 heavy (non-hydrogen) atoms. The van der Waals surface area contributed by atoms with Gasteiger partial charge in [-0.25, -0.2) is 0 Å². The molecular formula is C19H24N2O3. The number of fused-ring (bicyclic) bond motifs is 1. The number of hydrogen-bond acceptors (Lipinski definition) is 3. The molecule has 128 valence electrons. The number of furan rings is 1. The molecule has 2 heterocycles. The van der Waals surface area contributed by atoms with Crippen LogP contribution in [0.2, 0.25) is 0 Å². The Bertz CT molecular complexity index is 778. The molecule has 1 aliphatic heterocycles. The van der Waals surface area contributed by atoms with Gasteiger partial charge in [-0.1, -0.05) is 19.4 Å². The minimum absolute atomic E-state index is 0.0114. The molecule has 0 radical (unpaired) electrons. The average Bonchev–Trinajstić information content (AvgIpc) is 2.79. The van der Waals surface area contributed by atoms with Crippen LogP contribution in [0, 0.1) is 6.92 Å². The van der Waals surface area contributed by atoms with E-state index in [1.807, 2.05) is 19.9 Å². The zero-order valence-corrected chi connectivity index (χ0v) is 14.5. The third kappa shape index (κ3) is 3.03. The second kappa shape index (κ2) is 6.67. The van der Waals surface area contributed by atoms with Crippen LogP contribution in [0.25, 0.3) is 11.0 Å². The Kier molecular flexibility index (Phi) is 4.60. The second-order valence-corrected chi connectivity index (χ2v) is 6.54. The second-order valence-electron chi connectivity index (χ2n) is 6.54. The maximum atomic E-state index is 13.0. The van der Waals surface area contributed by atoms with Crippen molar-refractivity contribution in [2.24, 2.45) is 0 Å². The summed E-state index contributed by atoms with van der Waals surface area (Å²) < 4.78 is 5.87. The lowest BCUT2D eigenvalue weighted by Crippen LogP contribution is -2.41. The van der Waals surface area contributed by atoms with E-state index in [0.29, 0.717) is 25.3 Å². The molecule has 1 saturated heterocycles. The van der Waals surface area contributed by atoms with E-state index in [1.165, 1.54) is 5.56 Å². The standard InChI is InChI=1S/C19H24N2O3/c1-4-5-14-6-7-16-15(10-14)13(3)18(24-16)19(23)21-9-8-17(22)20-11-12(21)2/h6-7,10,12H,4-5,8-9,11H2,1-3H3,(H,20,22)/t12-/m0/s1. The maximum absolute atomic E-state index is 13.0. The van der Waals surface area contributed by atoms with Crippen molar-refractivity contribution >= 4 is 22.8 Å². The number of carbonyl (C=O) groups is 2. The van der Waals surface area contributed by atoms with Gasteiger partial charge >= 0.3 is 0 Å². The molecule has 0 spiro atoms. The van der Waals surface area contributed by atoms with Gasteiger partial charge in [0.05, 0.1) is 0 Å². The van der Waals surface area contributed by atoms with Crippen molar-refractivity contribution in [2.75, 3.05) is 13.1 Å². The van der Waals surface area contributed by atoms with E-state index in [9.17, 15) is 9.59 Å². The largest absolute Gasteiger partial charge is 0.451 e. The fraction of sp³-hybridized carbons (Fsp3) is 0.474. The van der Waals surface area contributed by atoms with Gasteiger partial charge < -0.3 is 14.6 Å². The Labute approximate surface area is 142 Å². The van der Waals surface area contributed by atoms with Gasteiger partial charge in [-0.15, -0.1) is 0 Å². The molecule has 1 atom stereocenters. The Morgan fingerprint density at radius 1 is 1.42 bits per heavy atom. The molecule has 1 N–H and O–H groups in total. The summed E-state index contributed by atoms with van der Waals surface area (Å²) in [5, 5.41) is 3.83. The highest BCUT2D eigenvalue weighted by atomic mass is 16.3. The molecule has 2 aromatic rings. The van der Waals surface area contributed by atoms with Gasteiger partial charge in [0.25, 0.3) is 5.91 Å². The first-order valence-electron chi connectivity index (χ1n) is 8.61. The number of aryl methyl sites for hydroxylation is 2. The molecule has 1 aliphatic rings. The van der Waals surface area contributed by atoms with Crippen LogP contribution in [0.4, 0.5) is 0 Å². The third-order valence-corrected chi connectivity index (χ3v) is 4.70. The predicted molar refractivity (Wildman–Crippen MR) is 93.1 cm³/mol. The number of rotatable bonds is 3. The highest BCUT2D eigenvalue weighted by Crippen LogP contribution is 2.28. The van der Waals surface area contributed by atoms with E-state index in [1.54, 1.807) is 4.90 Å². The molecule has 1 aromatic carbocycles. The number of carbonyl (C=O) groups excluding carboxylic acids is 2. The molecule has 0 unspecified atom stereocenters. The summed E-state index contributed by atoms with van der Waals surface area (Å²) >= 11 is 0. The van der Waals surface area contributed by atoms with Gasteiger partial charge in [0.1, 0.15) is 5.58 Å². The Morgan fingerprint density at radius 2 is 2.21 bits per heavy atom. The van der Waals surface area contributed by atoms with E-state index in [-0.39, 0.29) is 17.9 Å². The molecule has 0 aliphatic carbocycles. The first-order valence-corrected chi connectivity index (χ1v) is 8.61. The molecule has 0 bridgehead atoms. The van der Waals surface area contributed by atoms with E-state index in [2.05, 4.69) is 24.4 Å². The number of hydrogen-bond donors (Lipinski definition) is 1. The van der Waals surface area contributed by atoms with E-state index in [4.69, 9.17) is 4.42 Å². The zero-order valence-electron chi connectivity index (χ0n) is 14.5. The number of benzene rings is 1. The summed E-state index contributed by atoms with van der Waals surface area (Å²) in [7, 11) is 0. The lowest BCUT2D eigenvalue weighted by Gasteiger charge is -2.25. The van der Waals surface area contributed by atoms with Crippen molar-refractivity contribution in [2.45, 2.75) is 46.1 Å². The lowest BCUT2D eigenvalue weighted by molar-refractivity contribution is -0.120. The van der Waals surface area contributed by atoms with Gasteiger partial charge in [-0.05, 0) is 38.0 Å². The van der Waals surface area contributed by atoms with Gasteiger partial charge in [0, 0.05) is 36.5 Å². The highest BCUT2D eigenvalue weighted by Gasteiger charge is 2.29. The van der Waals surface area contributed by atoms with Crippen LogP contribution in [-0.2, 0) is 11.2 Å². The quantitative estimate of drug-likeness (QED) is 0.942. The van der Waals surface area contributed by atoms with E-state index >= 15 is 0 Å². The van der Waals surface area contributed by atoms with Gasteiger partial charge in [-0.3, -0.25) is 9.59 Å². The summed E-state index contributed by atoms with van der Waals surface area (Å²) in [5.41, 5.74) is 2.88. The smallest absolute Gasteiger partial charge is 0.290 e. The summed E-state index contributed by atoms with van der Waals surface area (Å²) in [4.78, 5) is 26.3. The van der Waals surface area contributed by atoms with Crippen LogP contribution in [0.1, 0.15) is 48.4 Å². The number of nitrogens with one attached hydrogen (secondary N) is 1. The molecule has 5 heteroatoms. The van der Waals surface area contributed by atoms with Crippen LogP contribution in [0.5, 0.6) is 0 Å². The van der Waals surface area contributed by atoms with E-state index in [0.717, 1.165) is 29.4 Å². The zero-order chi connectivity index (χ0) is 17.3. The van der Waals surface area contributed by atoms with Crippen molar-refractivity contribution in [3.63, 3.8) is 0 Å². The Morgan fingerprint density at radius 3 is 2.96 bits per heavy atom. The Hall–Kier alpha value is -2.30. The Balaban J connectivity index is 1.94. The lowest BCUT2D eigenvalue weighted by atomic mass is 10.1. The summed E-state index contributed by atoms with van der Waals surface area (Å²) in [6.45, 7) is 6.92. The highest BCUT2D eigenvalue weighted by molar-refractivity contribution is 5.99. The first-order chi connectivity index (χ1) is 11.5. The maximum Gasteiger partial charge on any atom is 0.290 e. The van der Waals surface area contributed by atoms with Crippen LogP contribution in [0.3, 0.4) is 0 Å². The predicted octanol–water partition coefficient (Wildman–Crippen LogP) is 3.04. The van der Waals surface area contributed by atoms with Crippen LogP contribution < -0.4 is 5.32 Å². The van der Waals surface area contributed by atoms with Crippen molar-refractivity contribution < 1.29 is 14.0 Å². The fourth-order valence-corrected chi connectivity index (χ4v) is 3.25. The minimum atomic E-state index is -0.134. The third-order valence-electron chi connectivity index (χ3n) is 4.70. The van der Waals surface area contributed by atoms with Crippen molar-refractivity contribution in [3.05, 3.63) is 35.1 Å². The number of nitrogens with zero attached hydrogens (tertiary/aromatic N) is 1. The van der Waals surface area contributed by atoms with Crippen LogP contribution >= 0.6 is 0 Å². The molecular weight excluding hydrogens is 304 g/mol. The molecule has 1 aromatic heterocycles. The average molecular weight is 328 g/mol. The summed E-state index contributed by atoms with van der Waals surface area (Å²) in [6.07, 6.45) is 2.43. The molecule has 0 saturated carbocycles. The van der Waals surface area contributed by atoms with Gasteiger partial charge in [-0.2, -0.15) is 0 Å². The fourth-order valence-electron chi connectivity index (χ4n) is 3.25. The SMILES string of the molecule is CCCc1ccc2oc(C(=O)N3CCC(=O)NC[C@@H]3C)c(C)c2c1. The first kappa shape index (κ1) is 16.6. The van der Waals surface area contributed by atoms with Crippen LogP contribution in [-0.4, -0.2) is 35.8 Å². The van der Waals surface area contributed by atoms with Gasteiger partial charge in [0.15, 0.2) is 5.76 Å².